The van der Waals surface area contributed by atoms with Crippen molar-refractivity contribution in [2.45, 2.75) is 31.0 Å². The van der Waals surface area contributed by atoms with Crippen molar-refractivity contribution in [1.82, 2.24) is 14.8 Å². The summed E-state index contributed by atoms with van der Waals surface area (Å²) in [6, 6.07) is 1.95. The second-order valence-corrected chi connectivity index (χ2v) is 5.81. The molecule has 7 nitrogen and oxygen atoms in total. The van der Waals surface area contributed by atoms with Crippen LogP contribution in [0.2, 0.25) is 0 Å². The first-order valence-electron chi connectivity index (χ1n) is 7.41. The summed E-state index contributed by atoms with van der Waals surface area (Å²) in [4.78, 5) is 16.0. The van der Waals surface area contributed by atoms with Crippen LogP contribution < -0.4 is 5.32 Å². The number of alkyl halides is 3. The fraction of sp³-hybridized carbons (Fsp3) is 0.333. The standard InChI is InChI=1S/C15H11F4N5O2/c16-10-7-24(23-12(10)25)14(2-1-3-14)13(26)22-8-4-9(15(17,18)19)11(5-20)21-6-8/h4,6-7H,1-3H2,(H,22,26)(H,23,25). The van der Waals surface area contributed by atoms with Crippen LogP contribution in [0.3, 0.4) is 0 Å². The minimum atomic E-state index is -4.82. The Morgan fingerprint density at radius 1 is 1.42 bits per heavy atom. The maximum Gasteiger partial charge on any atom is 0.419 e. The normalized spacial score (nSPS) is 15.8. The Labute approximate surface area is 143 Å². The van der Waals surface area contributed by atoms with Crippen LogP contribution in [0.15, 0.2) is 18.5 Å². The topological polar surface area (TPSA) is 104 Å². The number of nitrogens with one attached hydrogen (secondary N) is 1. The van der Waals surface area contributed by atoms with Crippen molar-refractivity contribution in [2.75, 3.05) is 5.32 Å². The van der Waals surface area contributed by atoms with E-state index in [0.29, 0.717) is 12.5 Å². The van der Waals surface area contributed by atoms with Crippen LogP contribution in [0.4, 0.5) is 23.2 Å². The summed E-state index contributed by atoms with van der Waals surface area (Å²) in [5.41, 5.74) is -3.66. The van der Waals surface area contributed by atoms with Gasteiger partial charge in [0.15, 0.2) is 5.69 Å². The van der Waals surface area contributed by atoms with E-state index in [1.807, 2.05) is 0 Å². The van der Waals surface area contributed by atoms with Gasteiger partial charge in [0.2, 0.25) is 5.82 Å². The second-order valence-electron chi connectivity index (χ2n) is 5.81. The first kappa shape index (κ1) is 17.7. The molecule has 3 rings (SSSR count). The molecule has 2 aromatic heterocycles. The van der Waals surface area contributed by atoms with Crippen molar-refractivity contribution in [1.29, 1.82) is 5.26 Å². The van der Waals surface area contributed by atoms with Crippen LogP contribution in [0.1, 0.15) is 30.5 Å². The van der Waals surface area contributed by atoms with E-state index in [1.165, 1.54) is 6.07 Å². The lowest BCUT2D eigenvalue weighted by atomic mass is 9.76. The Hall–Kier alpha value is -3.16. The molecule has 1 saturated carbocycles. The van der Waals surface area contributed by atoms with Crippen molar-refractivity contribution in [3.8, 4) is 11.9 Å². The molecular formula is C15H11F4N5O2. The van der Waals surface area contributed by atoms with Crippen molar-refractivity contribution in [3.63, 3.8) is 0 Å². The Bertz CT molecular complexity index is 892. The molecule has 1 fully saturated rings. The largest absolute Gasteiger partial charge is 0.490 e. The summed E-state index contributed by atoms with van der Waals surface area (Å²) in [7, 11) is 0. The van der Waals surface area contributed by atoms with E-state index in [0.717, 1.165) is 17.1 Å². The van der Waals surface area contributed by atoms with Gasteiger partial charge in [0.1, 0.15) is 11.6 Å². The molecule has 1 amide bonds. The van der Waals surface area contributed by atoms with Crippen LogP contribution in [0.5, 0.6) is 5.88 Å². The van der Waals surface area contributed by atoms with Gasteiger partial charge in [-0.15, -0.1) is 5.10 Å². The summed E-state index contributed by atoms with van der Waals surface area (Å²) in [5.74, 6) is -2.60. The lowest BCUT2D eigenvalue weighted by Gasteiger charge is -2.40. The zero-order chi connectivity index (χ0) is 19.1. The molecule has 11 heteroatoms. The molecule has 0 spiro atoms. The third kappa shape index (κ3) is 2.83. The molecule has 0 saturated heterocycles. The minimum absolute atomic E-state index is 0.260. The van der Waals surface area contributed by atoms with Gasteiger partial charge >= 0.3 is 6.18 Å². The molecule has 0 radical (unpaired) electrons. The van der Waals surface area contributed by atoms with Crippen LogP contribution in [0.25, 0.3) is 0 Å². The average Bonchev–Trinajstić information content (AvgIpc) is 2.84. The number of amides is 1. The Kier molecular flexibility index (Phi) is 4.06. The van der Waals surface area contributed by atoms with E-state index in [9.17, 15) is 27.5 Å². The molecule has 26 heavy (non-hydrogen) atoms. The summed E-state index contributed by atoms with van der Waals surface area (Å²) < 4.78 is 53.3. The molecule has 136 valence electrons. The van der Waals surface area contributed by atoms with Crippen molar-refractivity contribution >= 4 is 11.6 Å². The molecule has 0 aliphatic heterocycles. The molecule has 2 heterocycles. The van der Waals surface area contributed by atoms with E-state index < -0.39 is 40.6 Å². The summed E-state index contributed by atoms with van der Waals surface area (Å²) >= 11 is 0. The van der Waals surface area contributed by atoms with Crippen LogP contribution in [-0.2, 0) is 16.5 Å². The number of rotatable bonds is 3. The number of carbonyl (C=O) groups excluding carboxylic acids is 1. The highest BCUT2D eigenvalue weighted by molar-refractivity contribution is 5.97. The van der Waals surface area contributed by atoms with Crippen LogP contribution in [-0.4, -0.2) is 25.8 Å². The first-order chi connectivity index (χ1) is 12.2. The monoisotopic (exact) mass is 369 g/mol. The number of carbonyl (C=O) groups is 1. The van der Waals surface area contributed by atoms with E-state index in [2.05, 4.69) is 15.4 Å². The molecule has 0 bridgehead atoms. The highest BCUT2D eigenvalue weighted by Crippen LogP contribution is 2.41. The third-order valence-electron chi connectivity index (χ3n) is 4.25. The number of aromatic nitrogens is 3. The molecule has 0 atom stereocenters. The fourth-order valence-corrected chi connectivity index (χ4v) is 2.72. The number of halogens is 4. The lowest BCUT2D eigenvalue weighted by Crippen LogP contribution is -2.51. The first-order valence-corrected chi connectivity index (χ1v) is 7.41. The molecular weight excluding hydrogens is 358 g/mol. The number of hydrogen-bond acceptors (Lipinski definition) is 5. The van der Waals surface area contributed by atoms with Gasteiger partial charge < -0.3 is 10.4 Å². The number of hydrogen-bond donors (Lipinski definition) is 2. The Morgan fingerprint density at radius 2 is 2.12 bits per heavy atom. The maximum absolute atomic E-state index is 13.4. The van der Waals surface area contributed by atoms with Crippen molar-refractivity contribution in [2.24, 2.45) is 0 Å². The van der Waals surface area contributed by atoms with Gasteiger partial charge in [-0.1, -0.05) is 0 Å². The van der Waals surface area contributed by atoms with E-state index in [1.54, 1.807) is 0 Å². The zero-order valence-corrected chi connectivity index (χ0v) is 13.0. The average molecular weight is 369 g/mol. The number of anilines is 1. The predicted octanol–water partition coefficient (Wildman–Crippen LogP) is 2.53. The lowest BCUT2D eigenvalue weighted by molar-refractivity contribution is -0.138. The molecule has 2 aromatic rings. The molecule has 1 aliphatic carbocycles. The van der Waals surface area contributed by atoms with Crippen LogP contribution in [0, 0.1) is 17.1 Å². The third-order valence-corrected chi connectivity index (χ3v) is 4.25. The van der Waals surface area contributed by atoms with E-state index in [-0.39, 0.29) is 18.5 Å². The summed E-state index contributed by atoms with van der Waals surface area (Å²) in [6.07, 6.45) is -1.87. The van der Waals surface area contributed by atoms with Gasteiger partial charge in [-0.3, -0.25) is 9.48 Å². The van der Waals surface area contributed by atoms with Gasteiger partial charge in [0.05, 0.1) is 23.6 Å². The minimum Gasteiger partial charge on any atom is -0.490 e. The number of nitriles is 1. The van der Waals surface area contributed by atoms with E-state index >= 15 is 0 Å². The highest BCUT2D eigenvalue weighted by Gasteiger charge is 2.47. The zero-order valence-electron chi connectivity index (χ0n) is 13.0. The Balaban J connectivity index is 1.91. The Morgan fingerprint density at radius 3 is 2.58 bits per heavy atom. The van der Waals surface area contributed by atoms with Crippen LogP contribution >= 0.6 is 0 Å². The molecule has 0 aromatic carbocycles. The van der Waals surface area contributed by atoms with Crippen molar-refractivity contribution in [3.05, 3.63) is 35.5 Å². The van der Waals surface area contributed by atoms with E-state index in [4.69, 9.17) is 5.26 Å². The fourth-order valence-electron chi connectivity index (χ4n) is 2.72. The van der Waals surface area contributed by atoms with Gasteiger partial charge in [0, 0.05) is 0 Å². The molecule has 0 unspecified atom stereocenters. The molecule has 1 aliphatic rings. The summed E-state index contributed by atoms with van der Waals surface area (Å²) in [5, 5.41) is 23.9. The van der Waals surface area contributed by atoms with Gasteiger partial charge in [0.25, 0.3) is 11.8 Å². The predicted molar refractivity (Wildman–Crippen MR) is 78.3 cm³/mol. The number of aromatic hydroxyl groups is 1. The second kappa shape index (κ2) is 5.98. The SMILES string of the molecule is N#Cc1ncc(NC(=O)C2(n3cc(F)c(O)n3)CCC2)cc1C(F)(F)F. The quantitative estimate of drug-likeness (QED) is 0.809. The number of pyridine rings is 1. The van der Waals surface area contributed by atoms with Crippen molar-refractivity contribution < 1.29 is 27.5 Å². The number of nitrogens with zero attached hydrogens (tertiary/aromatic N) is 4. The van der Waals surface area contributed by atoms with Gasteiger partial charge in [-0.25, -0.2) is 4.98 Å². The summed E-state index contributed by atoms with van der Waals surface area (Å²) in [6.45, 7) is 0. The highest BCUT2D eigenvalue weighted by atomic mass is 19.4. The maximum atomic E-state index is 13.4. The smallest absolute Gasteiger partial charge is 0.419 e. The van der Waals surface area contributed by atoms with Gasteiger partial charge in [-0.05, 0) is 25.3 Å². The molecule has 2 N–H and O–H groups in total. The van der Waals surface area contributed by atoms with Gasteiger partial charge in [-0.2, -0.15) is 22.8 Å².